The Balaban J connectivity index is 1.82. The molecule has 0 saturated carbocycles. The molecule has 3 nitrogen and oxygen atoms in total. The van der Waals surface area contributed by atoms with Gasteiger partial charge in [-0.25, -0.2) is 0 Å². The van der Waals surface area contributed by atoms with Crippen LogP contribution in [0.2, 0.25) is 5.02 Å². The number of pyridine rings is 1. The highest BCUT2D eigenvalue weighted by Crippen LogP contribution is 2.04. The van der Waals surface area contributed by atoms with Crippen molar-refractivity contribution in [2.75, 3.05) is 6.61 Å². The third-order valence-electron chi connectivity index (χ3n) is 2.54. The molecule has 0 saturated heterocycles. The predicted molar refractivity (Wildman–Crippen MR) is 71.8 cm³/mol. The molecule has 1 heterocycles. The van der Waals surface area contributed by atoms with Crippen molar-refractivity contribution in [3.8, 4) is 0 Å². The van der Waals surface area contributed by atoms with Crippen molar-refractivity contribution in [2.24, 2.45) is 0 Å². The minimum Gasteiger partial charge on any atom is -0.375 e. The molecule has 0 aliphatic heterocycles. The summed E-state index contributed by atoms with van der Waals surface area (Å²) < 4.78 is 7.06. The highest BCUT2D eigenvalue weighted by Gasteiger charge is 1.97. The number of hydrogen-bond acceptors (Lipinski definition) is 2. The first-order valence-corrected chi connectivity index (χ1v) is 6.11. The number of ether oxygens (including phenoxy) is 1. The van der Waals surface area contributed by atoms with E-state index >= 15 is 0 Å². The average Bonchev–Trinajstić information content (AvgIpc) is 2.40. The van der Waals surface area contributed by atoms with Gasteiger partial charge in [-0.1, -0.05) is 41.9 Å². The molecule has 0 amide bonds. The number of aromatic nitrogens is 1. The van der Waals surface area contributed by atoms with Crippen molar-refractivity contribution in [1.29, 1.82) is 0 Å². The summed E-state index contributed by atoms with van der Waals surface area (Å²) in [5, 5.41) is 0.553. The lowest BCUT2D eigenvalue weighted by atomic mass is 10.2. The lowest BCUT2D eigenvalue weighted by Gasteiger charge is -2.07. The Morgan fingerprint density at radius 3 is 2.67 bits per heavy atom. The van der Waals surface area contributed by atoms with Crippen LogP contribution in [0.3, 0.4) is 0 Å². The molecule has 0 spiro atoms. The Bertz CT molecular complexity index is 551. The monoisotopic (exact) mass is 263 g/mol. The van der Waals surface area contributed by atoms with Gasteiger partial charge in [0.05, 0.1) is 18.2 Å². The van der Waals surface area contributed by atoms with E-state index in [0.29, 0.717) is 24.8 Å². The first-order chi connectivity index (χ1) is 8.75. The molecule has 0 N–H and O–H groups in total. The molecule has 0 unspecified atom stereocenters. The number of rotatable bonds is 5. The fraction of sp³-hybridized carbons (Fsp3) is 0.214. The lowest BCUT2D eigenvalue weighted by molar-refractivity contribution is 0.112. The largest absolute Gasteiger partial charge is 0.375 e. The first kappa shape index (κ1) is 12.9. The van der Waals surface area contributed by atoms with Crippen molar-refractivity contribution in [3.63, 3.8) is 0 Å². The van der Waals surface area contributed by atoms with E-state index in [9.17, 15) is 4.79 Å². The molecule has 0 aliphatic rings. The highest BCUT2D eigenvalue weighted by atomic mass is 35.5. The molecule has 94 valence electrons. The molecule has 1 aromatic carbocycles. The second-order valence-corrected chi connectivity index (χ2v) is 4.35. The zero-order valence-corrected chi connectivity index (χ0v) is 10.6. The molecule has 18 heavy (non-hydrogen) atoms. The van der Waals surface area contributed by atoms with Gasteiger partial charge in [-0.15, -0.1) is 0 Å². The molecular formula is C14H14ClNO2. The van der Waals surface area contributed by atoms with Gasteiger partial charge in [0.15, 0.2) is 0 Å². The Kier molecular flexibility index (Phi) is 4.56. The summed E-state index contributed by atoms with van der Waals surface area (Å²) in [7, 11) is 0. The standard InChI is InChI=1S/C14H14ClNO2/c15-13-6-7-14(17)16(10-13)8-9-18-11-12-4-2-1-3-5-12/h1-7,10H,8-9,11H2. The molecule has 1 aromatic heterocycles. The Labute approximate surface area is 111 Å². The third-order valence-corrected chi connectivity index (χ3v) is 2.76. The van der Waals surface area contributed by atoms with Gasteiger partial charge in [-0.05, 0) is 11.6 Å². The number of hydrogen-bond donors (Lipinski definition) is 0. The molecule has 4 heteroatoms. The Morgan fingerprint density at radius 1 is 1.11 bits per heavy atom. The van der Waals surface area contributed by atoms with Gasteiger partial charge in [0.25, 0.3) is 5.56 Å². The Hall–Kier alpha value is -1.58. The summed E-state index contributed by atoms with van der Waals surface area (Å²) in [5.41, 5.74) is 1.05. The van der Waals surface area contributed by atoms with Gasteiger partial charge >= 0.3 is 0 Å². The van der Waals surface area contributed by atoms with Crippen LogP contribution in [0.5, 0.6) is 0 Å². The maximum Gasteiger partial charge on any atom is 0.250 e. The molecule has 2 rings (SSSR count). The van der Waals surface area contributed by atoms with Gasteiger partial charge in [0, 0.05) is 18.8 Å². The maximum absolute atomic E-state index is 11.5. The second kappa shape index (κ2) is 6.38. The van der Waals surface area contributed by atoms with Gasteiger partial charge in [0.1, 0.15) is 0 Å². The van der Waals surface area contributed by atoms with E-state index in [1.807, 2.05) is 30.3 Å². The predicted octanol–water partition coefficient (Wildman–Crippen LogP) is 2.72. The van der Waals surface area contributed by atoms with Gasteiger partial charge in [-0.3, -0.25) is 4.79 Å². The summed E-state index contributed by atoms with van der Waals surface area (Å²) in [5.74, 6) is 0. The Morgan fingerprint density at radius 2 is 1.89 bits per heavy atom. The first-order valence-electron chi connectivity index (χ1n) is 5.73. The van der Waals surface area contributed by atoms with Crippen LogP contribution in [0.15, 0.2) is 53.5 Å². The number of halogens is 1. The van der Waals surface area contributed by atoms with Crippen LogP contribution in [-0.2, 0) is 17.9 Å². The van der Waals surface area contributed by atoms with E-state index in [4.69, 9.17) is 16.3 Å². The van der Waals surface area contributed by atoms with Crippen LogP contribution in [-0.4, -0.2) is 11.2 Å². The van der Waals surface area contributed by atoms with Gasteiger partial charge in [0.2, 0.25) is 0 Å². The second-order valence-electron chi connectivity index (χ2n) is 3.92. The normalized spacial score (nSPS) is 10.5. The van der Waals surface area contributed by atoms with Crippen LogP contribution >= 0.6 is 11.6 Å². The fourth-order valence-corrected chi connectivity index (χ4v) is 1.78. The fourth-order valence-electron chi connectivity index (χ4n) is 1.60. The summed E-state index contributed by atoms with van der Waals surface area (Å²) >= 11 is 5.82. The van der Waals surface area contributed by atoms with Crippen LogP contribution < -0.4 is 5.56 Å². The van der Waals surface area contributed by atoms with Crippen LogP contribution in [0, 0.1) is 0 Å². The number of benzene rings is 1. The van der Waals surface area contributed by atoms with E-state index in [1.165, 1.54) is 6.07 Å². The number of nitrogens with zero attached hydrogens (tertiary/aromatic N) is 1. The van der Waals surface area contributed by atoms with Crippen LogP contribution in [0.4, 0.5) is 0 Å². The van der Waals surface area contributed by atoms with Crippen LogP contribution in [0.25, 0.3) is 0 Å². The average molecular weight is 264 g/mol. The zero-order chi connectivity index (χ0) is 12.8. The molecule has 0 fully saturated rings. The molecule has 0 atom stereocenters. The summed E-state index contributed by atoms with van der Waals surface area (Å²) in [6.45, 7) is 1.54. The van der Waals surface area contributed by atoms with E-state index < -0.39 is 0 Å². The molecule has 0 bridgehead atoms. The van der Waals surface area contributed by atoms with Crippen molar-refractivity contribution in [2.45, 2.75) is 13.2 Å². The topological polar surface area (TPSA) is 31.2 Å². The van der Waals surface area contributed by atoms with Crippen molar-refractivity contribution < 1.29 is 4.74 Å². The van der Waals surface area contributed by atoms with Gasteiger partial charge in [-0.2, -0.15) is 0 Å². The molecule has 2 aromatic rings. The van der Waals surface area contributed by atoms with E-state index in [1.54, 1.807) is 16.8 Å². The van der Waals surface area contributed by atoms with Gasteiger partial charge < -0.3 is 9.30 Å². The smallest absolute Gasteiger partial charge is 0.250 e. The summed E-state index contributed by atoms with van der Waals surface area (Å²) in [6.07, 6.45) is 1.62. The van der Waals surface area contributed by atoms with Crippen molar-refractivity contribution in [3.05, 3.63) is 69.6 Å². The maximum atomic E-state index is 11.5. The molecule has 0 radical (unpaired) electrons. The summed E-state index contributed by atoms with van der Waals surface area (Å²) in [4.78, 5) is 11.5. The van der Waals surface area contributed by atoms with E-state index in [-0.39, 0.29) is 5.56 Å². The van der Waals surface area contributed by atoms with Crippen molar-refractivity contribution in [1.82, 2.24) is 4.57 Å². The van der Waals surface area contributed by atoms with Crippen LogP contribution in [0.1, 0.15) is 5.56 Å². The highest BCUT2D eigenvalue weighted by molar-refractivity contribution is 6.30. The third kappa shape index (κ3) is 3.72. The lowest BCUT2D eigenvalue weighted by Crippen LogP contribution is -2.20. The van der Waals surface area contributed by atoms with Crippen molar-refractivity contribution >= 4 is 11.6 Å². The molecule has 0 aliphatic carbocycles. The van der Waals surface area contributed by atoms with E-state index in [0.717, 1.165) is 5.56 Å². The molecular weight excluding hydrogens is 250 g/mol. The minimum absolute atomic E-state index is 0.0669. The van der Waals surface area contributed by atoms with E-state index in [2.05, 4.69) is 0 Å². The minimum atomic E-state index is -0.0669. The SMILES string of the molecule is O=c1ccc(Cl)cn1CCOCc1ccccc1. The zero-order valence-electron chi connectivity index (χ0n) is 9.88. The summed E-state index contributed by atoms with van der Waals surface area (Å²) in [6, 6.07) is 13.0. The quantitative estimate of drug-likeness (QED) is 0.777.